The molecule has 19 heavy (non-hydrogen) atoms. The number of thiophene rings is 1. The Labute approximate surface area is 118 Å². The number of nitrogens with one attached hydrogen (secondary N) is 1. The van der Waals surface area contributed by atoms with Crippen molar-refractivity contribution in [2.24, 2.45) is 0 Å². The largest absolute Gasteiger partial charge is 0.439 e. The van der Waals surface area contributed by atoms with Gasteiger partial charge in [-0.15, -0.1) is 11.3 Å². The van der Waals surface area contributed by atoms with Crippen LogP contribution >= 0.6 is 23.1 Å². The van der Waals surface area contributed by atoms with E-state index in [9.17, 15) is 0 Å². The fraction of sp³-hybridized carbons (Fsp3) is 0.250. The molecule has 0 saturated carbocycles. The number of hydrogen-bond donors (Lipinski definition) is 1. The van der Waals surface area contributed by atoms with Gasteiger partial charge in [-0.3, -0.25) is 0 Å². The van der Waals surface area contributed by atoms with Crippen LogP contribution in [0.5, 0.6) is 0 Å². The lowest BCUT2D eigenvalue weighted by atomic mass is 10.4. The predicted octanol–water partition coefficient (Wildman–Crippen LogP) is 3.49. The van der Waals surface area contributed by atoms with Gasteiger partial charge in [-0.05, 0) is 31.7 Å². The summed E-state index contributed by atoms with van der Waals surface area (Å²) in [5, 5.41) is 5.49. The Bertz CT molecular complexity index is 734. The van der Waals surface area contributed by atoms with E-state index in [4.69, 9.17) is 4.42 Å². The number of nitrogens with zero attached hydrogens (tertiary/aromatic N) is 3. The molecule has 98 valence electrons. The lowest BCUT2D eigenvalue weighted by Gasteiger charge is -2.02. The van der Waals surface area contributed by atoms with Crippen LogP contribution in [0.1, 0.15) is 10.6 Å². The number of fused-ring (bicyclic) bond motifs is 1. The van der Waals surface area contributed by atoms with Gasteiger partial charge in [-0.25, -0.2) is 15.0 Å². The van der Waals surface area contributed by atoms with Crippen LogP contribution in [-0.4, -0.2) is 22.0 Å². The molecule has 3 aromatic heterocycles. The summed E-state index contributed by atoms with van der Waals surface area (Å²) in [5.74, 6) is 0.611. The molecule has 0 fully saturated rings. The molecular formula is C12H12N4OS2. The normalized spacial score (nSPS) is 11.1. The Morgan fingerprint density at radius 1 is 1.26 bits per heavy atom. The zero-order valence-electron chi connectivity index (χ0n) is 10.7. The predicted molar refractivity (Wildman–Crippen MR) is 77.1 cm³/mol. The Kier molecular flexibility index (Phi) is 3.16. The Morgan fingerprint density at radius 2 is 2.11 bits per heavy atom. The van der Waals surface area contributed by atoms with Crippen LogP contribution in [0.25, 0.3) is 10.2 Å². The van der Waals surface area contributed by atoms with E-state index in [1.54, 1.807) is 17.6 Å². The molecule has 0 atom stereocenters. The van der Waals surface area contributed by atoms with Gasteiger partial charge in [0, 0.05) is 17.3 Å². The summed E-state index contributed by atoms with van der Waals surface area (Å²) in [4.78, 5) is 15.4. The smallest absolute Gasteiger partial charge is 0.262 e. The third-order valence-corrected chi connectivity index (χ3v) is 4.30. The number of oxazole rings is 1. The highest BCUT2D eigenvalue weighted by Crippen LogP contribution is 2.35. The summed E-state index contributed by atoms with van der Waals surface area (Å²) in [7, 11) is 1.81. The minimum absolute atomic E-state index is 0.600. The summed E-state index contributed by atoms with van der Waals surface area (Å²) in [6.07, 6.45) is 1.64. The van der Waals surface area contributed by atoms with Gasteiger partial charge in [0.25, 0.3) is 5.22 Å². The average molecular weight is 292 g/mol. The quantitative estimate of drug-likeness (QED) is 0.746. The number of hydrogen-bond acceptors (Lipinski definition) is 7. The van der Waals surface area contributed by atoms with Crippen molar-refractivity contribution in [2.75, 3.05) is 12.4 Å². The number of aromatic nitrogens is 3. The molecule has 0 aliphatic carbocycles. The van der Waals surface area contributed by atoms with E-state index < -0.39 is 0 Å². The second-order valence-corrected chi connectivity index (χ2v) is 6.21. The first-order valence-corrected chi connectivity index (χ1v) is 7.35. The van der Waals surface area contributed by atoms with Crippen molar-refractivity contribution < 1.29 is 4.42 Å². The molecule has 0 amide bonds. The number of rotatable bonds is 3. The zero-order chi connectivity index (χ0) is 13.4. The molecule has 0 saturated heterocycles. The number of anilines is 1. The molecule has 0 aliphatic rings. The van der Waals surface area contributed by atoms with Gasteiger partial charge >= 0.3 is 0 Å². The molecule has 0 radical (unpaired) electrons. The van der Waals surface area contributed by atoms with Gasteiger partial charge in [0.2, 0.25) is 5.95 Å². The zero-order valence-corrected chi connectivity index (χ0v) is 12.4. The van der Waals surface area contributed by atoms with E-state index in [1.807, 2.05) is 14.0 Å². The topological polar surface area (TPSA) is 63.8 Å². The lowest BCUT2D eigenvalue weighted by Crippen LogP contribution is -1.96. The first-order chi connectivity index (χ1) is 9.15. The highest BCUT2D eigenvalue weighted by atomic mass is 32.2. The van der Waals surface area contributed by atoms with Gasteiger partial charge in [0.15, 0.2) is 0 Å². The second-order valence-electron chi connectivity index (χ2n) is 4.04. The molecule has 0 unspecified atom stereocenters. The summed E-state index contributed by atoms with van der Waals surface area (Å²) >= 11 is 3.07. The standard InChI is InChI=1S/C12H12N4OS2/c1-6-5-17-12(14-6)19-10-8-4-7(2)18-9(8)15-11(13-3)16-10/h4-5H,1-3H3,(H,13,15,16). The van der Waals surface area contributed by atoms with E-state index in [1.165, 1.54) is 16.6 Å². The third-order valence-electron chi connectivity index (χ3n) is 2.49. The van der Waals surface area contributed by atoms with E-state index in [2.05, 4.69) is 33.3 Å². The van der Waals surface area contributed by atoms with Gasteiger partial charge in [-0.2, -0.15) is 0 Å². The molecule has 0 aromatic carbocycles. The van der Waals surface area contributed by atoms with Crippen molar-refractivity contribution in [1.82, 2.24) is 15.0 Å². The molecule has 7 heteroatoms. The Morgan fingerprint density at radius 3 is 2.79 bits per heavy atom. The van der Waals surface area contributed by atoms with Gasteiger partial charge in [0.05, 0.1) is 5.69 Å². The molecule has 1 N–H and O–H groups in total. The third kappa shape index (κ3) is 2.43. The average Bonchev–Trinajstić information content (AvgIpc) is 2.94. The van der Waals surface area contributed by atoms with Crippen LogP contribution in [0.2, 0.25) is 0 Å². The Hall–Kier alpha value is -1.60. The Balaban J connectivity index is 2.09. The first-order valence-electron chi connectivity index (χ1n) is 5.71. The van der Waals surface area contributed by atoms with Gasteiger partial charge in [-0.1, -0.05) is 0 Å². The lowest BCUT2D eigenvalue weighted by molar-refractivity contribution is 0.454. The summed E-state index contributed by atoms with van der Waals surface area (Å²) in [5.41, 5.74) is 0.864. The van der Waals surface area contributed by atoms with Gasteiger partial charge in [0.1, 0.15) is 16.1 Å². The minimum Gasteiger partial charge on any atom is -0.439 e. The molecule has 0 bridgehead atoms. The molecule has 0 aliphatic heterocycles. The first kappa shape index (κ1) is 12.4. The van der Waals surface area contributed by atoms with Crippen LogP contribution in [0, 0.1) is 13.8 Å². The molecular weight excluding hydrogens is 280 g/mol. The van der Waals surface area contributed by atoms with Crippen molar-refractivity contribution in [2.45, 2.75) is 24.1 Å². The van der Waals surface area contributed by atoms with Crippen molar-refractivity contribution in [1.29, 1.82) is 0 Å². The van der Waals surface area contributed by atoms with Crippen LogP contribution in [0.15, 0.2) is 27.0 Å². The maximum Gasteiger partial charge on any atom is 0.262 e. The molecule has 3 aromatic rings. The molecule has 5 nitrogen and oxygen atoms in total. The monoisotopic (exact) mass is 292 g/mol. The minimum atomic E-state index is 0.600. The highest BCUT2D eigenvalue weighted by molar-refractivity contribution is 7.99. The molecule has 3 rings (SSSR count). The maximum atomic E-state index is 5.37. The van der Waals surface area contributed by atoms with Crippen molar-refractivity contribution in [3.63, 3.8) is 0 Å². The van der Waals surface area contributed by atoms with Crippen LogP contribution in [-0.2, 0) is 0 Å². The van der Waals surface area contributed by atoms with Crippen molar-refractivity contribution in [3.8, 4) is 0 Å². The van der Waals surface area contributed by atoms with Crippen LogP contribution in [0.4, 0.5) is 5.95 Å². The van der Waals surface area contributed by atoms with E-state index in [-0.39, 0.29) is 0 Å². The molecule has 0 spiro atoms. The maximum absolute atomic E-state index is 5.37. The van der Waals surface area contributed by atoms with Crippen molar-refractivity contribution >= 4 is 39.3 Å². The van der Waals surface area contributed by atoms with Crippen LogP contribution < -0.4 is 5.32 Å². The molecule has 3 heterocycles. The highest BCUT2D eigenvalue weighted by Gasteiger charge is 2.13. The fourth-order valence-electron chi connectivity index (χ4n) is 1.67. The van der Waals surface area contributed by atoms with Gasteiger partial charge < -0.3 is 9.73 Å². The fourth-order valence-corrected chi connectivity index (χ4v) is 3.46. The second kappa shape index (κ2) is 4.82. The summed E-state index contributed by atoms with van der Waals surface area (Å²) < 4.78 is 5.37. The summed E-state index contributed by atoms with van der Waals surface area (Å²) in [6, 6.07) is 2.09. The summed E-state index contributed by atoms with van der Waals surface area (Å²) in [6.45, 7) is 3.96. The van der Waals surface area contributed by atoms with Crippen LogP contribution in [0.3, 0.4) is 0 Å². The van der Waals surface area contributed by atoms with E-state index in [0.29, 0.717) is 11.2 Å². The SMILES string of the molecule is CNc1nc(Sc2nc(C)co2)c2cc(C)sc2n1. The van der Waals surface area contributed by atoms with E-state index >= 15 is 0 Å². The van der Waals surface area contributed by atoms with Crippen molar-refractivity contribution in [3.05, 3.63) is 22.9 Å². The number of aryl methyl sites for hydroxylation is 2. The van der Waals surface area contributed by atoms with E-state index in [0.717, 1.165) is 20.9 Å².